The Labute approximate surface area is 160 Å². The molecule has 2 heterocycles. The van der Waals surface area contributed by atoms with Gasteiger partial charge in [0.15, 0.2) is 5.13 Å². The van der Waals surface area contributed by atoms with Gasteiger partial charge in [-0.1, -0.05) is 11.3 Å². The lowest BCUT2D eigenvalue weighted by Crippen LogP contribution is -2.38. The normalized spacial score (nSPS) is 20.9. The summed E-state index contributed by atoms with van der Waals surface area (Å²) < 4.78 is 28.3. The van der Waals surface area contributed by atoms with Gasteiger partial charge in [0, 0.05) is 23.9 Å². The number of nitrogens with one attached hydrogen (secondary N) is 2. The third kappa shape index (κ3) is 4.49. The third-order valence-corrected chi connectivity index (χ3v) is 8.28. The first-order chi connectivity index (χ1) is 12.2. The van der Waals surface area contributed by atoms with Crippen LogP contribution >= 0.6 is 22.7 Å². The molecule has 2 aromatic rings. The minimum absolute atomic E-state index is 0.134. The molecule has 0 unspecified atom stereocenters. The molecule has 0 aliphatic heterocycles. The second-order valence-corrected chi connectivity index (χ2v) is 10.2. The van der Waals surface area contributed by atoms with Crippen LogP contribution in [0.5, 0.6) is 0 Å². The molecular formula is C16H21N3O4S3. The zero-order valence-electron chi connectivity index (χ0n) is 14.5. The number of amides is 1. The van der Waals surface area contributed by atoms with E-state index in [0.29, 0.717) is 30.8 Å². The van der Waals surface area contributed by atoms with Crippen LogP contribution in [0.1, 0.15) is 38.3 Å². The average molecular weight is 416 g/mol. The van der Waals surface area contributed by atoms with Crippen molar-refractivity contribution in [2.24, 2.45) is 0 Å². The number of thiazole rings is 1. The smallest absolute Gasteiger partial charge is 0.250 e. The van der Waals surface area contributed by atoms with Gasteiger partial charge in [0.25, 0.3) is 0 Å². The van der Waals surface area contributed by atoms with Crippen molar-refractivity contribution in [2.45, 2.75) is 55.9 Å². The summed E-state index contributed by atoms with van der Waals surface area (Å²) >= 11 is 2.49. The molecule has 26 heavy (non-hydrogen) atoms. The molecule has 1 saturated carbocycles. The number of carbonyl (C=O) groups is 1. The van der Waals surface area contributed by atoms with Gasteiger partial charge in [-0.05, 0) is 38.7 Å². The van der Waals surface area contributed by atoms with Crippen molar-refractivity contribution in [1.29, 1.82) is 0 Å². The highest BCUT2D eigenvalue weighted by atomic mass is 32.2. The summed E-state index contributed by atoms with van der Waals surface area (Å²) in [6, 6.07) is 1.51. The molecule has 0 bridgehead atoms. The van der Waals surface area contributed by atoms with E-state index in [1.165, 1.54) is 18.3 Å². The maximum atomic E-state index is 12.6. The topological polar surface area (TPSA) is 108 Å². The molecule has 1 aliphatic rings. The van der Waals surface area contributed by atoms with Crippen molar-refractivity contribution in [2.75, 3.05) is 5.32 Å². The minimum atomic E-state index is -3.59. The Balaban J connectivity index is 1.76. The Hall–Kier alpha value is -1.33. The quantitative estimate of drug-likeness (QED) is 0.696. The van der Waals surface area contributed by atoms with Crippen LogP contribution in [0.25, 0.3) is 10.4 Å². The highest BCUT2D eigenvalue weighted by molar-refractivity contribution is 7.91. The standard InChI is InChI=1S/C16H21N3O4S3/c1-9-15(25-16(17-9)18-10(2)20)11-7-14(24-8-11)26(22,23)19-12-3-5-13(21)6-4-12/h7-8,12-13,19,21H,3-6H2,1-2H3,(H,17,18,20). The van der Waals surface area contributed by atoms with Crippen molar-refractivity contribution in [3.05, 3.63) is 17.1 Å². The lowest BCUT2D eigenvalue weighted by molar-refractivity contribution is -0.114. The van der Waals surface area contributed by atoms with E-state index in [2.05, 4.69) is 15.0 Å². The number of aryl methyl sites for hydroxylation is 1. The first-order valence-corrected chi connectivity index (χ1v) is 11.5. The van der Waals surface area contributed by atoms with E-state index in [1.807, 2.05) is 6.92 Å². The first kappa shape index (κ1) is 19.4. The Bertz CT molecular complexity index is 896. The summed E-state index contributed by atoms with van der Waals surface area (Å²) in [6.07, 6.45) is 2.21. The summed E-state index contributed by atoms with van der Waals surface area (Å²) in [6.45, 7) is 3.25. The van der Waals surface area contributed by atoms with Gasteiger partial charge in [0.2, 0.25) is 15.9 Å². The molecule has 1 fully saturated rings. The van der Waals surface area contributed by atoms with Crippen LogP contribution in [-0.4, -0.2) is 36.6 Å². The van der Waals surface area contributed by atoms with Crippen molar-refractivity contribution in [3.8, 4) is 10.4 Å². The molecule has 0 spiro atoms. The molecule has 0 atom stereocenters. The monoisotopic (exact) mass is 415 g/mol. The second kappa shape index (κ2) is 7.73. The molecule has 7 nitrogen and oxygen atoms in total. The molecule has 142 valence electrons. The Morgan fingerprint density at radius 2 is 2.00 bits per heavy atom. The third-order valence-electron chi connectivity index (χ3n) is 4.20. The van der Waals surface area contributed by atoms with Gasteiger partial charge < -0.3 is 10.4 Å². The zero-order valence-corrected chi connectivity index (χ0v) is 16.9. The van der Waals surface area contributed by atoms with Crippen LogP contribution in [0.3, 0.4) is 0 Å². The van der Waals surface area contributed by atoms with Crippen LogP contribution in [0.15, 0.2) is 15.7 Å². The average Bonchev–Trinajstić information content (AvgIpc) is 3.16. The van der Waals surface area contributed by atoms with Gasteiger partial charge in [0.1, 0.15) is 4.21 Å². The fraction of sp³-hybridized carbons (Fsp3) is 0.500. The Morgan fingerprint density at radius 1 is 1.31 bits per heavy atom. The molecule has 0 radical (unpaired) electrons. The van der Waals surface area contributed by atoms with Crippen LogP contribution in [0.2, 0.25) is 0 Å². The Kier molecular flexibility index (Phi) is 5.78. The predicted molar refractivity (Wildman–Crippen MR) is 103 cm³/mol. The van der Waals surface area contributed by atoms with E-state index in [1.54, 1.807) is 11.4 Å². The van der Waals surface area contributed by atoms with Crippen LogP contribution in [0, 0.1) is 6.92 Å². The largest absolute Gasteiger partial charge is 0.393 e. The lowest BCUT2D eigenvalue weighted by Gasteiger charge is -2.25. The van der Waals surface area contributed by atoms with Crippen molar-refractivity contribution in [1.82, 2.24) is 9.71 Å². The highest BCUT2D eigenvalue weighted by Gasteiger charge is 2.26. The van der Waals surface area contributed by atoms with Gasteiger partial charge in [-0.3, -0.25) is 4.79 Å². The summed E-state index contributed by atoms with van der Waals surface area (Å²) in [5, 5.41) is 14.5. The molecule has 1 aliphatic carbocycles. The first-order valence-electron chi connectivity index (χ1n) is 8.29. The molecule has 3 rings (SSSR count). The predicted octanol–water partition coefficient (Wildman–Crippen LogP) is 2.72. The Morgan fingerprint density at radius 3 is 2.65 bits per heavy atom. The summed E-state index contributed by atoms with van der Waals surface area (Å²) in [5.74, 6) is -0.194. The van der Waals surface area contributed by atoms with Gasteiger partial charge >= 0.3 is 0 Å². The number of hydrogen-bond acceptors (Lipinski definition) is 7. The number of anilines is 1. The van der Waals surface area contributed by atoms with Crippen LogP contribution in [0.4, 0.5) is 5.13 Å². The molecule has 10 heteroatoms. The fourth-order valence-corrected chi connectivity index (χ4v) is 6.48. The number of aliphatic hydroxyl groups is 1. The number of thiophene rings is 1. The lowest BCUT2D eigenvalue weighted by atomic mass is 9.94. The molecule has 3 N–H and O–H groups in total. The highest BCUT2D eigenvalue weighted by Crippen LogP contribution is 2.36. The SMILES string of the molecule is CC(=O)Nc1nc(C)c(-c2csc(S(=O)(=O)NC3CCC(O)CC3)c2)s1. The van der Waals surface area contributed by atoms with Crippen molar-refractivity contribution >= 4 is 43.7 Å². The maximum Gasteiger partial charge on any atom is 0.250 e. The molecular weight excluding hydrogens is 394 g/mol. The number of sulfonamides is 1. The fourth-order valence-electron chi connectivity index (χ4n) is 2.92. The van der Waals surface area contributed by atoms with E-state index >= 15 is 0 Å². The van der Waals surface area contributed by atoms with E-state index in [-0.39, 0.29) is 22.3 Å². The number of hydrogen-bond donors (Lipinski definition) is 3. The number of aliphatic hydroxyl groups excluding tert-OH is 1. The number of rotatable bonds is 5. The van der Waals surface area contributed by atoms with E-state index in [4.69, 9.17) is 0 Å². The molecule has 0 saturated heterocycles. The van der Waals surface area contributed by atoms with Crippen LogP contribution < -0.4 is 10.0 Å². The van der Waals surface area contributed by atoms with E-state index < -0.39 is 10.0 Å². The van der Waals surface area contributed by atoms with E-state index in [0.717, 1.165) is 27.5 Å². The summed E-state index contributed by atoms with van der Waals surface area (Å²) in [5.41, 5.74) is 1.52. The van der Waals surface area contributed by atoms with Gasteiger partial charge in [-0.2, -0.15) is 0 Å². The maximum absolute atomic E-state index is 12.6. The number of nitrogens with zero attached hydrogens (tertiary/aromatic N) is 1. The summed E-state index contributed by atoms with van der Waals surface area (Å²) in [7, 11) is -3.59. The number of aromatic nitrogens is 1. The van der Waals surface area contributed by atoms with Crippen molar-refractivity contribution in [3.63, 3.8) is 0 Å². The molecule has 1 amide bonds. The van der Waals surface area contributed by atoms with Gasteiger partial charge in [-0.25, -0.2) is 18.1 Å². The second-order valence-electron chi connectivity index (χ2n) is 6.40. The van der Waals surface area contributed by atoms with Crippen molar-refractivity contribution < 1.29 is 18.3 Å². The minimum Gasteiger partial charge on any atom is -0.393 e. The number of carbonyl (C=O) groups excluding carboxylic acids is 1. The molecule has 0 aromatic carbocycles. The van der Waals surface area contributed by atoms with Crippen LogP contribution in [-0.2, 0) is 14.8 Å². The van der Waals surface area contributed by atoms with Gasteiger partial charge in [0.05, 0.1) is 16.7 Å². The summed E-state index contributed by atoms with van der Waals surface area (Å²) in [4.78, 5) is 16.3. The molecule has 2 aromatic heterocycles. The zero-order chi connectivity index (χ0) is 18.9. The van der Waals surface area contributed by atoms with Gasteiger partial charge in [-0.15, -0.1) is 11.3 Å². The van der Waals surface area contributed by atoms with E-state index in [9.17, 15) is 18.3 Å².